The van der Waals surface area contributed by atoms with E-state index >= 15 is 0 Å². The lowest BCUT2D eigenvalue weighted by molar-refractivity contribution is -0.141. The van der Waals surface area contributed by atoms with Crippen molar-refractivity contribution in [1.82, 2.24) is 19.7 Å². The summed E-state index contributed by atoms with van der Waals surface area (Å²) in [5.41, 5.74) is -1.69. The minimum Gasteiger partial charge on any atom is -0.477 e. The van der Waals surface area contributed by atoms with Gasteiger partial charge in [-0.2, -0.15) is 18.3 Å². The van der Waals surface area contributed by atoms with Crippen LogP contribution in [0.3, 0.4) is 0 Å². The minimum atomic E-state index is -4.63. The van der Waals surface area contributed by atoms with Crippen molar-refractivity contribution >= 4 is 27.5 Å². The Bertz CT molecular complexity index is 986. The first-order chi connectivity index (χ1) is 10.7. The lowest BCUT2D eigenvalue weighted by Gasteiger charge is -2.00. The smallest absolute Gasteiger partial charge is 0.435 e. The number of fused-ring (bicyclic) bond motifs is 1. The molecule has 0 spiro atoms. The zero-order valence-electron chi connectivity index (χ0n) is 11.3. The number of aromatic nitrogens is 4. The Labute approximate surface area is 129 Å². The van der Waals surface area contributed by atoms with Crippen molar-refractivity contribution < 1.29 is 23.1 Å². The van der Waals surface area contributed by atoms with Gasteiger partial charge in [0.15, 0.2) is 11.5 Å². The Morgan fingerprint density at radius 2 is 2.09 bits per heavy atom. The second-order valence-electron chi connectivity index (χ2n) is 4.58. The van der Waals surface area contributed by atoms with Crippen molar-refractivity contribution in [3.63, 3.8) is 0 Å². The van der Waals surface area contributed by atoms with Gasteiger partial charge >= 0.3 is 12.1 Å². The molecule has 7 nitrogen and oxygen atoms in total. The molecule has 0 saturated heterocycles. The van der Waals surface area contributed by atoms with Gasteiger partial charge in [-0.05, 0) is 12.1 Å². The number of halogens is 3. The fraction of sp³-hybridized carbons (Fsp3) is 0.167. The quantitative estimate of drug-likeness (QED) is 0.741. The summed E-state index contributed by atoms with van der Waals surface area (Å²) in [4.78, 5) is 29.2. The van der Waals surface area contributed by atoms with Crippen molar-refractivity contribution in [2.75, 3.05) is 0 Å². The van der Waals surface area contributed by atoms with E-state index in [1.54, 1.807) is 0 Å². The Kier molecular flexibility index (Phi) is 3.25. The van der Waals surface area contributed by atoms with E-state index < -0.39 is 23.4 Å². The highest BCUT2D eigenvalue weighted by Crippen LogP contribution is 2.31. The zero-order chi connectivity index (χ0) is 16.9. The normalized spacial score (nSPS) is 12.0. The van der Waals surface area contributed by atoms with Crippen molar-refractivity contribution in [3.05, 3.63) is 33.1 Å². The number of aromatic amines is 1. The number of rotatable bonds is 2. The molecule has 0 aliphatic carbocycles. The average molecular weight is 344 g/mol. The van der Waals surface area contributed by atoms with Crippen LogP contribution >= 0.6 is 11.3 Å². The largest absolute Gasteiger partial charge is 0.477 e. The summed E-state index contributed by atoms with van der Waals surface area (Å²) >= 11 is 0.741. The number of H-pyrrole nitrogens is 1. The number of thiophene rings is 1. The van der Waals surface area contributed by atoms with E-state index in [2.05, 4.69) is 15.1 Å². The van der Waals surface area contributed by atoms with Gasteiger partial charge in [-0.15, -0.1) is 11.3 Å². The number of aromatic carboxylic acids is 1. The van der Waals surface area contributed by atoms with E-state index in [1.807, 2.05) is 0 Å². The summed E-state index contributed by atoms with van der Waals surface area (Å²) in [5, 5.41) is 12.3. The van der Waals surface area contributed by atoms with Gasteiger partial charge in [-0.3, -0.25) is 9.48 Å². The molecule has 0 aliphatic heterocycles. The van der Waals surface area contributed by atoms with E-state index in [4.69, 9.17) is 5.11 Å². The van der Waals surface area contributed by atoms with E-state index in [0.29, 0.717) is 0 Å². The number of nitrogens with one attached hydrogen (secondary N) is 1. The molecule has 3 aromatic rings. The number of carboxylic acid groups (broad SMARTS) is 1. The first-order valence-electron chi connectivity index (χ1n) is 6.05. The van der Waals surface area contributed by atoms with Crippen molar-refractivity contribution in [3.8, 4) is 11.5 Å². The van der Waals surface area contributed by atoms with Crippen molar-refractivity contribution in [1.29, 1.82) is 0 Å². The Balaban J connectivity index is 2.19. The highest BCUT2D eigenvalue weighted by Gasteiger charge is 2.35. The SMILES string of the molecule is Cn1nc(C(F)(F)F)cc1-c1nc2cc(C(=O)O)sc2c(=O)[nH]1. The van der Waals surface area contributed by atoms with E-state index in [0.717, 1.165) is 22.1 Å². The molecular weight excluding hydrogens is 337 g/mol. The van der Waals surface area contributed by atoms with E-state index in [1.165, 1.54) is 13.1 Å². The molecule has 2 N–H and O–H groups in total. The standard InChI is InChI=1S/C12H7F3N4O3S/c1-19-5(3-7(18-19)12(13,14)15)9-16-4-2-6(11(21)22)23-8(4)10(20)17-9/h2-3H,1H3,(H,21,22)(H,16,17,20). The molecule has 3 rings (SSSR count). The van der Waals surface area contributed by atoms with Crippen LogP contribution in [0.2, 0.25) is 0 Å². The molecule has 11 heteroatoms. The topological polar surface area (TPSA) is 101 Å². The summed E-state index contributed by atoms with van der Waals surface area (Å²) in [6, 6.07) is 1.96. The third-order valence-electron chi connectivity index (χ3n) is 3.01. The van der Waals surface area contributed by atoms with Crippen LogP contribution in [0.4, 0.5) is 13.2 Å². The highest BCUT2D eigenvalue weighted by molar-refractivity contribution is 7.20. The number of aryl methyl sites for hydroxylation is 1. The van der Waals surface area contributed by atoms with Crippen LogP contribution in [0.25, 0.3) is 21.7 Å². The Morgan fingerprint density at radius 3 is 2.65 bits per heavy atom. The Morgan fingerprint density at radius 1 is 1.39 bits per heavy atom. The zero-order valence-corrected chi connectivity index (χ0v) is 12.1. The first kappa shape index (κ1) is 15.2. The summed E-state index contributed by atoms with van der Waals surface area (Å²) in [6.45, 7) is 0. The molecule has 0 radical (unpaired) electrons. The maximum absolute atomic E-state index is 12.7. The van der Waals surface area contributed by atoms with Gasteiger partial charge in [0, 0.05) is 7.05 Å². The number of alkyl halides is 3. The molecular formula is C12H7F3N4O3S. The third kappa shape index (κ3) is 2.59. The maximum Gasteiger partial charge on any atom is 0.435 e. The molecule has 0 fully saturated rings. The number of hydrogen-bond donors (Lipinski definition) is 2. The van der Waals surface area contributed by atoms with E-state index in [-0.39, 0.29) is 26.6 Å². The van der Waals surface area contributed by atoms with Gasteiger partial charge in [0.25, 0.3) is 5.56 Å². The summed E-state index contributed by atoms with van der Waals surface area (Å²) in [7, 11) is 1.28. The number of carboxylic acids is 1. The number of nitrogens with zero attached hydrogens (tertiary/aromatic N) is 3. The van der Waals surface area contributed by atoms with E-state index in [9.17, 15) is 22.8 Å². The predicted molar refractivity (Wildman–Crippen MR) is 74.4 cm³/mol. The third-order valence-corrected chi connectivity index (χ3v) is 4.12. The van der Waals surface area contributed by atoms with Crippen LogP contribution in [0, 0.1) is 0 Å². The van der Waals surface area contributed by atoms with Crippen molar-refractivity contribution in [2.24, 2.45) is 7.05 Å². The van der Waals surface area contributed by atoms with Gasteiger partial charge < -0.3 is 10.1 Å². The highest BCUT2D eigenvalue weighted by atomic mass is 32.1. The van der Waals surface area contributed by atoms with Gasteiger partial charge in [0.2, 0.25) is 0 Å². The molecule has 0 aromatic carbocycles. The fourth-order valence-corrected chi connectivity index (χ4v) is 2.82. The second-order valence-corrected chi connectivity index (χ2v) is 5.63. The molecule has 0 unspecified atom stereocenters. The Hall–Kier alpha value is -2.69. The number of carbonyl (C=O) groups is 1. The molecule has 0 atom stereocenters. The molecule has 0 saturated carbocycles. The lowest BCUT2D eigenvalue weighted by Crippen LogP contribution is -2.09. The van der Waals surface area contributed by atoms with Gasteiger partial charge in [0.1, 0.15) is 15.3 Å². The van der Waals surface area contributed by atoms with Crippen LogP contribution in [-0.2, 0) is 13.2 Å². The van der Waals surface area contributed by atoms with Crippen LogP contribution in [-0.4, -0.2) is 30.8 Å². The molecule has 0 bridgehead atoms. The average Bonchev–Trinajstić information content (AvgIpc) is 3.01. The molecule has 120 valence electrons. The van der Waals surface area contributed by atoms with Crippen LogP contribution in [0.1, 0.15) is 15.4 Å². The molecule has 23 heavy (non-hydrogen) atoms. The lowest BCUT2D eigenvalue weighted by atomic mass is 10.3. The van der Waals surface area contributed by atoms with Crippen molar-refractivity contribution in [2.45, 2.75) is 6.18 Å². The minimum absolute atomic E-state index is 0.0422. The molecule has 0 aliphatic rings. The first-order valence-corrected chi connectivity index (χ1v) is 6.87. The van der Waals surface area contributed by atoms with Gasteiger partial charge in [-0.1, -0.05) is 0 Å². The van der Waals surface area contributed by atoms with Crippen LogP contribution < -0.4 is 5.56 Å². The molecule has 3 aromatic heterocycles. The maximum atomic E-state index is 12.7. The molecule has 0 amide bonds. The number of hydrogen-bond acceptors (Lipinski definition) is 5. The fourth-order valence-electron chi connectivity index (χ4n) is 1.99. The summed E-state index contributed by atoms with van der Waals surface area (Å²) in [5.74, 6) is -1.34. The van der Waals surface area contributed by atoms with Crippen LogP contribution in [0.15, 0.2) is 16.9 Å². The predicted octanol–water partition coefficient (Wildman–Crippen LogP) is 2.10. The van der Waals surface area contributed by atoms with Gasteiger partial charge in [0.05, 0.1) is 5.52 Å². The van der Waals surface area contributed by atoms with Gasteiger partial charge in [-0.25, -0.2) is 9.78 Å². The monoisotopic (exact) mass is 344 g/mol. The molecule has 3 heterocycles. The second kappa shape index (κ2) is 4.91. The summed E-state index contributed by atoms with van der Waals surface area (Å²) < 4.78 is 39.1. The van der Waals surface area contributed by atoms with Crippen LogP contribution in [0.5, 0.6) is 0 Å². The summed E-state index contributed by atoms with van der Waals surface area (Å²) in [6.07, 6.45) is -4.63.